The molecule has 0 aromatic heterocycles. The maximum Gasteiger partial charge on any atom is 0.323 e. The first-order chi connectivity index (χ1) is 7.76. The summed E-state index contributed by atoms with van der Waals surface area (Å²) in [5.41, 5.74) is 0. The fourth-order valence-electron chi connectivity index (χ4n) is 1.31. The molecule has 0 aromatic carbocycles. The van der Waals surface area contributed by atoms with Crippen LogP contribution in [0.5, 0.6) is 0 Å². The topological polar surface area (TPSA) is 47.6 Å². The minimum absolute atomic E-state index is 0.153. The van der Waals surface area contributed by atoms with Crippen LogP contribution in [0.1, 0.15) is 19.8 Å². The van der Waals surface area contributed by atoms with E-state index in [4.69, 9.17) is 9.47 Å². The maximum atomic E-state index is 11.6. The van der Waals surface area contributed by atoms with Crippen molar-refractivity contribution in [3.63, 3.8) is 0 Å². The summed E-state index contributed by atoms with van der Waals surface area (Å²) in [6, 6.07) is -0.192. The maximum absolute atomic E-state index is 11.6. The van der Waals surface area contributed by atoms with Crippen LogP contribution < -0.4 is 5.32 Å². The minimum Gasteiger partial charge on any atom is -0.465 e. The zero-order valence-electron chi connectivity index (χ0n) is 10.5. The summed E-state index contributed by atoms with van der Waals surface area (Å²) in [7, 11) is 1.65. The Hall–Kier alpha value is -0.260. The van der Waals surface area contributed by atoms with Crippen LogP contribution in [0.3, 0.4) is 0 Å². The van der Waals surface area contributed by atoms with Gasteiger partial charge in [-0.25, -0.2) is 0 Å². The van der Waals surface area contributed by atoms with Gasteiger partial charge in [0.05, 0.1) is 13.2 Å². The molecule has 0 rings (SSSR count). The fourth-order valence-corrected chi connectivity index (χ4v) is 1.77. The highest BCUT2D eigenvalue weighted by Crippen LogP contribution is 2.04. The van der Waals surface area contributed by atoms with E-state index in [1.807, 2.05) is 6.92 Å². The van der Waals surface area contributed by atoms with Crippen molar-refractivity contribution in [1.29, 1.82) is 0 Å². The molecule has 0 saturated heterocycles. The Bertz CT molecular complexity index is 169. The van der Waals surface area contributed by atoms with Crippen molar-refractivity contribution in [2.45, 2.75) is 25.8 Å². The number of carbonyl (C=O) groups excluding carboxylic acids is 1. The average molecular weight is 249 g/mol. The van der Waals surface area contributed by atoms with E-state index < -0.39 is 0 Å². The molecular formula is C11H23NO3S. The van der Waals surface area contributed by atoms with E-state index in [0.717, 1.165) is 18.6 Å². The largest absolute Gasteiger partial charge is 0.465 e. The van der Waals surface area contributed by atoms with Crippen LogP contribution in [0.25, 0.3) is 0 Å². The zero-order valence-corrected chi connectivity index (χ0v) is 11.3. The van der Waals surface area contributed by atoms with Crippen LogP contribution in [-0.4, -0.2) is 50.9 Å². The van der Waals surface area contributed by atoms with Gasteiger partial charge in [-0.05, 0) is 31.8 Å². The van der Waals surface area contributed by atoms with E-state index >= 15 is 0 Å². The van der Waals surface area contributed by atoms with Crippen molar-refractivity contribution in [3.8, 4) is 0 Å². The lowest BCUT2D eigenvalue weighted by Crippen LogP contribution is -2.39. The zero-order chi connectivity index (χ0) is 12.2. The smallest absolute Gasteiger partial charge is 0.323 e. The molecule has 96 valence electrons. The van der Waals surface area contributed by atoms with Gasteiger partial charge in [0.1, 0.15) is 6.04 Å². The third-order valence-corrected chi connectivity index (χ3v) is 2.81. The lowest BCUT2D eigenvalue weighted by atomic mass is 10.1. The van der Waals surface area contributed by atoms with Gasteiger partial charge in [0.25, 0.3) is 0 Å². The molecule has 0 amide bonds. The van der Waals surface area contributed by atoms with E-state index in [1.165, 1.54) is 0 Å². The first-order valence-corrected chi connectivity index (χ1v) is 7.03. The molecule has 0 aliphatic carbocycles. The molecule has 1 atom stereocenters. The molecule has 0 aliphatic rings. The van der Waals surface area contributed by atoms with Crippen molar-refractivity contribution in [2.75, 3.05) is 38.9 Å². The van der Waals surface area contributed by atoms with Gasteiger partial charge in [0, 0.05) is 13.7 Å². The Labute approximate surface area is 102 Å². The summed E-state index contributed by atoms with van der Waals surface area (Å²) in [6.45, 7) is 3.55. The molecule has 0 bridgehead atoms. The summed E-state index contributed by atoms with van der Waals surface area (Å²) >= 11 is 1.79. The SMILES string of the molecule is CCOC(=O)C(CCCSC)NCCOC. The second kappa shape index (κ2) is 11.2. The molecule has 1 unspecified atom stereocenters. The van der Waals surface area contributed by atoms with Crippen molar-refractivity contribution >= 4 is 17.7 Å². The van der Waals surface area contributed by atoms with Crippen LogP contribution >= 0.6 is 11.8 Å². The Morgan fingerprint density at radius 3 is 2.81 bits per heavy atom. The van der Waals surface area contributed by atoms with Gasteiger partial charge < -0.3 is 14.8 Å². The van der Waals surface area contributed by atoms with Crippen molar-refractivity contribution in [1.82, 2.24) is 5.32 Å². The molecule has 0 aliphatic heterocycles. The standard InChI is InChI=1S/C11H23NO3S/c1-4-15-11(13)10(6-5-9-16-3)12-7-8-14-2/h10,12H,4-9H2,1-3H3. The van der Waals surface area contributed by atoms with Crippen LogP contribution in [0.15, 0.2) is 0 Å². The number of thioether (sulfide) groups is 1. The van der Waals surface area contributed by atoms with Gasteiger partial charge in [-0.1, -0.05) is 0 Å². The van der Waals surface area contributed by atoms with E-state index in [-0.39, 0.29) is 12.0 Å². The third kappa shape index (κ3) is 7.96. The number of methoxy groups -OCH3 is 1. The summed E-state index contributed by atoms with van der Waals surface area (Å²) in [5.74, 6) is 0.918. The molecule has 16 heavy (non-hydrogen) atoms. The van der Waals surface area contributed by atoms with Gasteiger partial charge in [0.2, 0.25) is 0 Å². The fraction of sp³-hybridized carbons (Fsp3) is 0.909. The lowest BCUT2D eigenvalue weighted by Gasteiger charge is -2.16. The van der Waals surface area contributed by atoms with Crippen molar-refractivity contribution in [2.24, 2.45) is 0 Å². The molecular weight excluding hydrogens is 226 g/mol. The van der Waals surface area contributed by atoms with E-state index in [9.17, 15) is 4.79 Å². The molecule has 0 heterocycles. The van der Waals surface area contributed by atoms with Crippen LogP contribution in [0.4, 0.5) is 0 Å². The molecule has 0 spiro atoms. The number of esters is 1. The number of hydrogen-bond donors (Lipinski definition) is 1. The summed E-state index contributed by atoms with van der Waals surface area (Å²) in [5, 5.41) is 3.16. The van der Waals surface area contributed by atoms with Crippen molar-refractivity contribution < 1.29 is 14.3 Å². The molecule has 0 aromatic rings. The predicted octanol–water partition coefficient (Wildman–Crippen LogP) is 1.30. The molecule has 0 fully saturated rings. The summed E-state index contributed by atoms with van der Waals surface area (Å²) in [4.78, 5) is 11.6. The van der Waals surface area contributed by atoms with E-state index in [2.05, 4.69) is 11.6 Å². The number of hydrogen-bond acceptors (Lipinski definition) is 5. The molecule has 5 heteroatoms. The van der Waals surface area contributed by atoms with Gasteiger partial charge in [0.15, 0.2) is 0 Å². The Kier molecular flexibility index (Phi) is 11.0. The van der Waals surface area contributed by atoms with Gasteiger partial charge in [-0.2, -0.15) is 11.8 Å². The lowest BCUT2D eigenvalue weighted by molar-refractivity contribution is -0.145. The van der Waals surface area contributed by atoms with E-state index in [0.29, 0.717) is 19.8 Å². The number of ether oxygens (including phenoxy) is 2. The molecule has 4 nitrogen and oxygen atoms in total. The number of rotatable bonds is 10. The van der Waals surface area contributed by atoms with Gasteiger partial charge in [-0.15, -0.1) is 0 Å². The predicted molar refractivity (Wildman–Crippen MR) is 67.9 cm³/mol. The van der Waals surface area contributed by atoms with Gasteiger partial charge >= 0.3 is 5.97 Å². The highest BCUT2D eigenvalue weighted by atomic mass is 32.2. The minimum atomic E-state index is -0.192. The molecule has 0 saturated carbocycles. The first kappa shape index (κ1) is 15.7. The quantitative estimate of drug-likeness (QED) is 0.467. The Morgan fingerprint density at radius 2 is 2.25 bits per heavy atom. The second-order valence-corrected chi connectivity index (χ2v) is 4.37. The molecule has 0 radical (unpaired) electrons. The number of carbonyl (C=O) groups is 1. The second-order valence-electron chi connectivity index (χ2n) is 3.39. The Balaban J connectivity index is 3.89. The van der Waals surface area contributed by atoms with Crippen LogP contribution in [-0.2, 0) is 14.3 Å². The monoisotopic (exact) mass is 249 g/mol. The number of nitrogens with one attached hydrogen (secondary N) is 1. The van der Waals surface area contributed by atoms with Crippen LogP contribution in [0.2, 0.25) is 0 Å². The normalized spacial score (nSPS) is 12.4. The van der Waals surface area contributed by atoms with Crippen LogP contribution in [0, 0.1) is 0 Å². The summed E-state index contributed by atoms with van der Waals surface area (Å²) in [6.07, 6.45) is 3.91. The highest BCUT2D eigenvalue weighted by molar-refractivity contribution is 7.98. The molecule has 1 N–H and O–H groups in total. The van der Waals surface area contributed by atoms with Crippen molar-refractivity contribution in [3.05, 3.63) is 0 Å². The first-order valence-electron chi connectivity index (χ1n) is 5.64. The summed E-state index contributed by atoms with van der Waals surface area (Å²) < 4.78 is 9.96. The van der Waals surface area contributed by atoms with Gasteiger partial charge in [-0.3, -0.25) is 4.79 Å². The Morgan fingerprint density at radius 1 is 1.50 bits per heavy atom. The average Bonchev–Trinajstić information content (AvgIpc) is 2.28. The third-order valence-electron chi connectivity index (χ3n) is 2.11. The van der Waals surface area contributed by atoms with E-state index in [1.54, 1.807) is 18.9 Å². The highest BCUT2D eigenvalue weighted by Gasteiger charge is 2.17.